The van der Waals surface area contributed by atoms with Gasteiger partial charge in [0.25, 0.3) is 0 Å². The first-order valence-corrected chi connectivity index (χ1v) is 11.3. The quantitative estimate of drug-likeness (QED) is 0.535. The molecule has 2 aromatic rings. The molecule has 2 atom stereocenters. The van der Waals surface area contributed by atoms with Crippen LogP contribution in [-0.4, -0.2) is 47.4 Å². The zero-order chi connectivity index (χ0) is 21.6. The van der Waals surface area contributed by atoms with Gasteiger partial charge in [-0.2, -0.15) is 15.0 Å². The molecule has 1 aromatic heterocycles. The monoisotopic (exact) mass is 425 g/mol. The van der Waals surface area contributed by atoms with E-state index in [2.05, 4.69) is 25.0 Å². The molecule has 29 heavy (non-hydrogen) atoms. The fourth-order valence-corrected chi connectivity index (χ4v) is 3.32. The van der Waals surface area contributed by atoms with E-state index in [1.807, 2.05) is 20.8 Å². The number of aliphatic hydroxyl groups is 1. The molecule has 160 valence electrons. The minimum absolute atomic E-state index is 0.0266. The molecule has 0 aliphatic carbocycles. The zero-order valence-corrected chi connectivity index (χ0v) is 17.9. The van der Waals surface area contributed by atoms with E-state index in [-0.39, 0.29) is 36.3 Å². The molecule has 0 spiro atoms. The van der Waals surface area contributed by atoms with Gasteiger partial charge in [-0.3, -0.25) is 4.72 Å². The van der Waals surface area contributed by atoms with Crippen LogP contribution in [0.1, 0.15) is 44.5 Å². The first-order chi connectivity index (χ1) is 13.6. The highest BCUT2D eigenvalue weighted by atomic mass is 32.2. The second kappa shape index (κ2) is 9.93. The first-order valence-electron chi connectivity index (χ1n) is 9.41. The molecule has 0 saturated heterocycles. The average Bonchev–Trinajstić information content (AvgIpc) is 2.59. The molecular weight excluding hydrogens is 397 g/mol. The van der Waals surface area contributed by atoms with Gasteiger partial charge in [0.1, 0.15) is 11.6 Å². The highest BCUT2D eigenvalue weighted by Gasteiger charge is 2.17. The van der Waals surface area contributed by atoms with Crippen LogP contribution < -0.4 is 10.0 Å². The van der Waals surface area contributed by atoms with Crippen molar-refractivity contribution in [2.45, 2.75) is 45.6 Å². The fourth-order valence-electron chi connectivity index (χ4n) is 2.90. The van der Waals surface area contributed by atoms with Gasteiger partial charge in [0.2, 0.25) is 21.9 Å². The molecule has 3 N–H and O–H groups in total. The summed E-state index contributed by atoms with van der Waals surface area (Å²) in [4.78, 5) is 12.7. The van der Waals surface area contributed by atoms with Crippen LogP contribution >= 0.6 is 0 Å². The van der Waals surface area contributed by atoms with E-state index >= 15 is 0 Å². The predicted molar refractivity (Wildman–Crippen MR) is 111 cm³/mol. The van der Waals surface area contributed by atoms with E-state index in [9.17, 15) is 17.9 Å². The Bertz CT molecular complexity index is 907. The smallest absolute Gasteiger partial charge is 0.241 e. The van der Waals surface area contributed by atoms with Crippen molar-refractivity contribution in [3.8, 4) is 0 Å². The van der Waals surface area contributed by atoms with E-state index in [0.717, 1.165) is 11.8 Å². The van der Waals surface area contributed by atoms with E-state index in [0.29, 0.717) is 24.6 Å². The molecule has 2 unspecified atom stereocenters. The van der Waals surface area contributed by atoms with Crippen LogP contribution in [0.25, 0.3) is 0 Å². The topological polar surface area (TPSA) is 117 Å². The summed E-state index contributed by atoms with van der Waals surface area (Å²) >= 11 is 0. The normalized spacial score (nSPS) is 13.9. The summed E-state index contributed by atoms with van der Waals surface area (Å²) in [5, 5.41) is 12.7. The Morgan fingerprint density at radius 1 is 1.07 bits per heavy atom. The molecule has 0 amide bonds. The van der Waals surface area contributed by atoms with Crippen molar-refractivity contribution < 1.29 is 17.9 Å². The summed E-state index contributed by atoms with van der Waals surface area (Å²) in [6, 6.07) is 5.90. The van der Waals surface area contributed by atoms with E-state index < -0.39 is 10.0 Å². The summed E-state index contributed by atoms with van der Waals surface area (Å²) < 4.78 is 38.7. The van der Waals surface area contributed by atoms with Crippen molar-refractivity contribution >= 4 is 21.9 Å². The van der Waals surface area contributed by atoms with Crippen LogP contribution in [-0.2, 0) is 16.4 Å². The third-order valence-corrected chi connectivity index (χ3v) is 4.75. The molecule has 1 heterocycles. The summed E-state index contributed by atoms with van der Waals surface area (Å²) in [7, 11) is -3.57. The summed E-state index contributed by atoms with van der Waals surface area (Å²) in [6.45, 7) is 5.90. The lowest BCUT2D eigenvalue weighted by atomic mass is 9.97. The molecule has 1 aromatic carbocycles. The Balaban J connectivity index is 2.29. The number of nitrogens with zero attached hydrogens (tertiary/aromatic N) is 3. The van der Waals surface area contributed by atoms with Crippen molar-refractivity contribution in [2.24, 2.45) is 5.92 Å². The number of nitrogens with one attached hydrogen (secondary N) is 2. The highest BCUT2D eigenvalue weighted by molar-refractivity contribution is 7.91. The Hall–Kier alpha value is -2.33. The van der Waals surface area contributed by atoms with Crippen LogP contribution in [0, 0.1) is 11.7 Å². The zero-order valence-electron chi connectivity index (χ0n) is 17.1. The second-order valence-corrected chi connectivity index (χ2v) is 9.33. The molecule has 0 aliphatic heterocycles. The van der Waals surface area contributed by atoms with Crippen molar-refractivity contribution in [2.75, 3.05) is 22.9 Å². The Labute approximate surface area is 171 Å². The maximum absolute atomic E-state index is 13.2. The molecule has 0 saturated carbocycles. The molecule has 0 fully saturated rings. The Morgan fingerprint density at radius 2 is 1.69 bits per heavy atom. The van der Waals surface area contributed by atoms with Crippen molar-refractivity contribution in [3.63, 3.8) is 0 Å². The molecule has 8 nitrogen and oxygen atoms in total. The number of rotatable bonds is 10. The number of halogens is 1. The number of benzene rings is 1. The summed E-state index contributed by atoms with van der Waals surface area (Å²) in [6.07, 6.45) is 2.10. The van der Waals surface area contributed by atoms with Gasteiger partial charge in [0.05, 0.1) is 18.9 Å². The van der Waals surface area contributed by atoms with Crippen LogP contribution in [0.5, 0.6) is 0 Å². The number of hydrogen-bond acceptors (Lipinski definition) is 7. The van der Waals surface area contributed by atoms with Crippen molar-refractivity contribution in [3.05, 3.63) is 41.5 Å². The number of aromatic nitrogens is 3. The SMILES string of the molecule is CC(C)CC(CO)Nc1nc(CC(C)c2ccc(F)cc2)nc(NS(C)(=O)=O)n1. The maximum atomic E-state index is 13.2. The summed E-state index contributed by atoms with van der Waals surface area (Å²) in [5.74, 6) is 0.480. The fraction of sp³-hybridized carbons (Fsp3) is 0.526. The van der Waals surface area contributed by atoms with Gasteiger partial charge >= 0.3 is 0 Å². The van der Waals surface area contributed by atoms with Gasteiger partial charge in [0.15, 0.2) is 0 Å². The van der Waals surface area contributed by atoms with Gasteiger partial charge < -0.3 is 10.4 Å². The van der Waals surface area contributed by atoms with Gasteiger partial charge in [-0.05, 0) is 36.0 Å². The largest absolute Gasteiger partial charge is 0.394 e. The molecule has 0 aliphatic rings. The average molecular weight is 426 g/mol. The highest BCUT2D eigenvalue weighted by Crippen LogP contribution is 2.21. The van der Waals surface area contributed by atoms with Gasteiger partial charge in [-0.1, -0.05) is 32.9 Å². The van der Waals surface area contributed by atoms with Crippen LogP contribution in [0.2, 0.25) is 0 Å². The Morgan fingerprint density at radius 3 is 2.24 bits per heavy atom. The third kappa shape index (κ3) is 7.90. The number of aliphatic hydroxyl groups excluding tert-OH is 1. The first kappa shape index (κ1) is 23.0. The maximum Gasteiger partial charge on any atom is 0.241 e. The van der Waals surface area contributed by atoms with Gasteiger partial charge in [-0.15, -0.1) is 0 Å². The van der Waals surface area contributed by atoms with Crippen LogP contribution in [0.15, 0.2) is 24.3 Å². The second-order valence-electron chi connectivity index (χ2n) is 7.58. The summed E-state index contributed by atoms with van der Waals surface area (Å²) in [5.41, 5.74) is 0.909. The number of anilines is 2. The molecule has 0 bridgehead atoms. The molecule has 2 rings (SSSR count). The number of sulfonamides is 1. The van der Waals surface area contributed by atoms with Crippen molar-refractivity contribution in [1.29, 1.82) is 0 Å². The lowest BCUT2D eigenvalue weighted by molar-refractivity contribution is 0.259. The Kier molecular flexibility index (Phi) is 7.86. The van der Waals surface area contributed by atoms with Crippen LogP contribution in [0.4, 0.5) is 16.3 Å². The molecule has 10 heteroatoms. The lowest BCUT2D eigenvalue weighted by Crippen LogP contribution is -2.27. The lowest BCUT2D eigenvalue weighted by Gasteiger charge is -2.19. The minimum Gasteiger partial charge on any atom is -0.394 e. The van der Waals surface area contributed by atoms with Gasteiger partial charge in [-0.25, -0.2) is 12.8 Å². The standard InChI is InChI=1S/C19H28FN5O3S/c1-12(2)9-16(11-26)21-18-22-17(23-19(24-18)25-29(4,27)28)10-13(3)14-5-7-15(20)8-6-14/h5-8,12-13,16,26H,9-11H2,1-4H3,(H2,21,22,23,24,25). The molecular formula is C19H28FN5O3S. The van der Waals surface area contributed by atoms with Crippen LogP contribution in [0.3, 0.4) is 0 Å². The van der Waals surface area contributed by atoms with Crippen molar-refractivity contribution in [1.82, 2.24) is 15.0 Å². The number of hydrogen-bond donors (Lipinski definition) is 3. The van der Waals surface area contributed by atoms with E-state index in [4.69, 9.17) is 0 Å². The van der Waals surface area contributed by atoms with E-state index in [1.54, 1.807) is 12.1 Å². The molecule has 0 radical (unpaired) electrons. The third-order valence-electron chi connectivity index (χ3n) is 4.20. The minimum atomic E-state index is -3.57. The van der Waals surface area contributed by atoms with E-state index in [1.165, 1.54) is 12.1 Å². The van der Waals surface area contributed by atoms with Gasteiger partial charge in [0, 0.05) is 6.42 Å². The predicted octanol–water partition coefficient (Wildman–Crippen LogP) is 2.55.